The lowest BCUT2D eigenvalue weighted by Crippen LogP contribution is -2.26. The highest BCUT2D eigenvalue weighted by molar-refractivity contribution is 5.94. The smallest absolute Gasteiger partial charge is 0.251 e. The standard InChI is InChI=1S/C27H28FN3O3/c1-33-22-7-6-8-23(19-22)34-18-5-4-17-31-25-10-3-2-9-24(25)30-26(31)15-16-29-27(32)20-11-13-21(28)14-12-20/h2-3,6-14,19H,4-5,15-18H2,1H3,(H,29,32). The Balaban J connectivity index is 1.32. The van der Waals surface area contributed by atoms with Crippen LogP contribution in [0, 0.1) is 5.82 Å². The molecule has 0 atom stereocenters. The second-order valence-electron chi connectivity index (χ2n) is 7.92. The van der Waals surface area contributed by atoms with Crippen molar-refractivity contribution in [2.45, 2.75) is 25.8 Å². The van der Waals surface area contributed by atoms with Gasteiger partial charge < -0.3 is 19.4 Å². The van der Waals surface area contributed by atoms with Crippen LogP contribution in [0.25, 0.3) is 11.0 Å². The molecule has 1 amide bonds. The van der Waals surface area contributed by atoms with Gasteiger partial charge in [0.15, 0.2) is 0 Å². The number of halogens is 1. The molecule has 0 unspecified atom stereocenters. The van der Waals surface area contributed by atoms with Crippen molar-refractivity contribution in [1.29, 1.82) is 0 Å². The number of ether oxygens (including phenoxy) is 2. The van der Waals surface area contributed by atoms with Crippen LogP contribution in [-0.2, 0) is 13.0 Å². The van der Waals surface area contributed by atoms with E-state index in [9.17, 15) is 9.18 Å². The molecule has 0 bridgehead atoms. The predicted molar refractivity (Wildman–Crippen MR) is 130 cm³/mol. The van der Waals surface area contributed by atoms with Crippen LogP contribution in [0.3, 0.4) is 0 Å². The van der Waals surface area contributed by atoms with E-state index >= 15 is 0 Å². The fraction of sp³-hybridized carbons (Fsp3) is 0.259. The van der Waals surface area contributed by atoms with Gasteiger partial charge in [-0.3, -0.25) is 4.79 Å². The van der Waals surface area contributed by atoms with Crippen LogP contribution >= 0.6 is 0 Å². The summed E-state index contributed by atoms with van der Waals surface area (Å²) in [6, 6.07) is 21.2. The van der Waals surface area contributed by atoms with Crippen LogP contribution < -0.4 is 14.8 Å². The first kappa shape index (κ1) is 23.3. The van der Waals surface area contributed by atoms with Crippen molar-refractivity contribution in [1.82, 2.24) is 14.9 Å². The van der Waals surface area contributed by atoms with Crippen molar-refractivity contribution in [3.05, 3.63) is 90.0 Å². The lowest BCUT2D eigenvalue weighted by Gasteiger charge is -2.11. The summed E-state index contributed by atoms with van der Waals surface area (Å²) < 4.78 is 26.4. The molecule has 1 heterocycles. The topological polar surface area (TPSA) is 65.4 Å². The monoisotopic (exact) mass is 461 g/mol. The normalized spacial score (nSPS) is 10.9. The van der Waals surface area contributed by atoms with Gasteiger partial charge in [-0.05, 0) is 61.4 Å². The number of carbonyl (C=O) groups is 1. The number of hydrogen-bond donors (Lipinski definition) is 1. The number of carbonyl (C=O) groups excluding carboxylic acids is 1. The summed E-state index contributed by atoms with van der Waals surface area (Å²) >= 11 is 0. The molecule has 0 saturated carbocycles. The molecule has 0 aliphatic carbocycles. The van der Waals surface area contributed by atoms with E-state index in [1.807, 2.05) is 42.5 Å². The van der Waals surface area contributed by atoms with Crippen LogP contribution in [0.5, 0.6) is 11.5 Å². The summed E-state index contributed by atoms with van der Waals surface area (Å²) in [5, 5.41) is 2.90. The van der Waals surface area contributed by atoms with Gasteiger partial charge in [0.05, 0.1) is 24.8 Å². The van der Waals surface area contributed by atoms with Crippen molar-refractivity contribution < 1.29 is 18.7 Å². The molecule has 0 radical (unpaired) electrons. The SMILES string of the molecule is COc1cccc(OCCCCn2c(CCNC(=O)c3ccc(F)cc3)nc3ccccc32)c1. The zero-order valence-corrected chi connectivity index (χ0v) is 19.2. The van der Waals surface area contributed by atoms with Crippen LogP contribution in [-0.4, -0.2) is 35.7 Å². The molecule has 0 aliphatic heterocycles. The molecular weight excluding hydrogens is 433 g/mol. The first-order valence-electron chi connectivity index (χ1n) is 11.4. The average Bonchev–Trinajstić information content (AvgIpc) is 3.21. The number of nitrogens with zero attached hydrogens (tertiary/aromatic N) is 2. The van der Waals surface area contributed by atoms with Crippen molar-refractivity contribution in [3.8, 4) is 11.5 Å². The molecule has 34 heavy (non-hydrogen) atoms. The molecule has 0 aliphatic rings. The minimum atomic E-state index is -0.362. The number of imidazole rings is 1. The van der Waals surface area contributed by atoms with Crippen molar-refractivity contribution in [2.75, 3.05) is 20.3 Å². The Labute approximate surface area is 198 Å². The van der Waals surface area contributed by atoms with Crippen LogP contribution in [0.1, 0.15) is 29.0 Å². The maximum absolute atomic E-state index is 13.1. The Hall–Kier alpha value is -3.87. The van der Waals surface area contributed by atoms with Crippen molar-refractivity contribution >= 4 is 16.9 Å². The number of unbranched alkanes of at least 4 members (excludes halogenated alkanes) is 1. The first-order chi connectivity index (χ1) is 16.6. The number of hydrogen-bond acceptors (Lipinski definition) is 4. The lowest BCUT2D eigenvalue weighted by atomic mass is 10.2. The number of aryl methyl sites for hydroxylation is 1. The van der Waals surface area contributed by atoms with Gasteiger partial charge in [0, 0.05) is 31.1 Å². The van der Waals surface area contributed by atoms with E-state index in [1.165, 1.54) is 24.3 Å². The van der Waals surface area contributed by atoms with E-state index in [2.05, 4.69) is 16.0 Å². The van der Waals surface area contributed by atoms with E-state index in [-0.39, 0.29) is 11.7 Å². The highest BCUT2D eigenvalue weighted by atomic mass is 19.1. The van der Waals surface area contributed by atoms with E-state index < -0.39 is 0 Å². The first-order valence-corrected chi connectivity index (χ1v) is 11.4. The van der Waals surface area contributed by atoms with Gasteiger partial charge >= 0.3 is 0 Å². The number of methoxy groups -OCH3 is 1. The van der Waals surface area contributed by atoms with E-state index in [0.717, 1.165) is 47.7 Å². The fourth-order valence-electron chi connectivity index (χ4n) is 3.81. The Morgan fingerprint density at radius 1 is 1.00 bits per heavy atom. The van der Waals surface area contributed by atoms with Gasteiger partial charge in [-0.1, -0.05) is 18.2 Å². The number of para-hydroxylation sites is 2. The quantitative estimate of drug-likeness (QED) is 0.319. The molecule has 3 aromatic carbocycles. The van der Waals surface area contributed by atoms with Crippen LogP contribution in [0.4, 0.5) is 4.39 Å². The minimum absolute atomic E-state index is 0.225. The zero-order chi connectivity index (χ0) is 23.8. The van der Waals surface area contributed by atoms with Gasteiger partial charge in [0.2, 0.25) is 0 Å². The number of rotatable bonds is 11. The van der Waals surface area contributed by atoms with Crippen molar-refractivity contribution in [2.24, 2.45) is 0 Å². The predicted octanol–water partition coefficient (Wildman–Crippen LogP) is 5.02. The Bertz CT molecular complexity index is 1240. The third-order valence-corrected chi connectivity index (χ3v) is 5.56. The molecule has 1 aromatic heterocycles. The molecule has 0 fully saturated rings. The number of amides is 1. The lowest BCUT2D eigenvalue weighted by molar-refractivity contribution is 0.0954. The molecule has 1 N–H and O–H groups in total. The summed E-state index contributed by atoms with van der Waals surface area (Å²) in [5.41, 5.74) is 2.46. The number of aromatic nitrogens is 2. The van der Waals surface area contributed by atoms with Crippen LogP contribution in [0.15, 0.2) is 72.8 Å². The Kier molecular flexibility index (Phi) is 7.75. The summed E-state index contributed by atoms with van der Waals surface area (Å²) in [6.07, 6.45) is 2.42. The van der Waals surface area contributed by atoms with Crippen LogP contribution in [0.2, 0.25) is 0 Å². The summed E-state index contributed by atoms with van der Waals surface area (Å²) in [5.74, 6) is 1.91. The Morgan fingerprint density at radius 3 is 2.62 bits per heavy atom. The van der Waals surface area contributed by atoms with Crippen molar-refractivity contribution in [3.63, 3.8) is 0 Å². The van der Waals surface area contributed by atoms with E-state index in [0.29, 0.717) is 25.1 Å². The van der Waals surface area contributed by atoms with E-state index in [4.69, 9.17) is 14.5 Å². The molecule has 7 heteroatoms. The summed E-state index contributed by atoms with van der Waals surface area (Å²) in [7, 11) is 1.64. The molecule has 0 saturated heterocycles. The summed E-state index contributed by atoms with van der Waals surface area (Å²) in [6.45, 7) is 1.87. The number of benzene rings is 3. The molecule has 6 nitrogen and oxygen atoms in total. The highest BCUT2D eigenvalue weighted by Gasteiger charge is 2.11. The van der Waals surface area contributed by atoms with Gasteiger partial charge in [-0.25, -0.2) is 9.37 Å². The fourth-order valence-corrected chi connectivity index (χ4v) is 3.81. The van der Waals surface area contributed by atoms with Gasteiger partial charge in [-0.15, -0.1) is 0 Å². The van der Waals surface area contributed by atoms with E-state index in [1.54, 1.807) is 7.11 Å². The third kappa shape index (κ3) is 5.92. The molecule has 4 rings (SSSR count). The maximum Gasteiger partial charge on any atom is 0.251 e. The second-order valence-corrected chi connectivity index (χ2v) is 7.92. The third-order valence-electron chi connectivity index (χ3n) is 5.56. The molecular formula is C27H28FN3O3. The molecule has 176 valence electrons. The van der Waals surface area contributed by atoms with Gasteiger partial charge in [0.25, 0.3) is 5.91 Å². The molecule has 0 spiro atoms. The molecule has 4 aromatic rings. The Morgan fingerprint density at radius 2 is 1.79 bits per heavy atom. The van der Waals surface area contributed by atoms with Gasteiger partial charge in [0.1, 0.15) is 23.1 Å². The second kappa shape index (κ2) is 11.3. The highest BCUT2D eigenvalue weighted by Crippen LogP contribution is 2.20. The summed E-state index contributed by atoms with van der Waals surface area (Å²) in [4.78, 5) is 17.1. The number of nitrogens with one attached hydrogen (secondary N) is 1. The average molecular weight is 462 g/mol. The van der Waals surface area contributed by atoms with Gasteiger partial charge in [-0.2, -0.15) is 0 Å². The zero-order valence-electron chi connectivity index (χ0n) is 19.2. The maximum atomic E-state index is 13.1. The minimum Gasteiger partial charge on any atom is -0.497 e. The largest absolute Gasteiger partial charge is 0.497 e. The number of fused-ring (bicyclic) bond motifs is 1.